The molecule has 7 nitrogen and oxygen atoms in total. The molecular weight excluding hydrogens is 482 g/mol. The van der Waals surface area contributed by atoms with Gasteiger partial charge >= 0.3 is 0 Å². The van der Waals surface area contributed by atoms with E-state index in [-0.39, 0.29) is 12.5 Å². The summed E-state index contributed by atoms with van der Waals surface area (Å²) >= 11 is 1.52. The maximum absolute atomic E-state index is 11.9. The van der Waals surface area contributed by atoms with E-state index in [1.54, 1.807) is 0 Å². The first-order valence-electron chi connectivity index (χ1n) is 12.0. The Labute approximate surface area is 217 Å². The van der Waals surface area contributed by atoms with E-state index in [0.29, 0.717) is 11.4 Å². The number of carbonyl (C=O) groups is 1. The van der Waals surface area contributed by atoms with Gasteiger partial charge in [-0.15, -0.1) is 11.3 Å². The molecule has 2 aromatic heterocycles. The van der Waals surface area contributed by atoms with Crippen LogP contribution in [0.2, 0.25) is 0 Å². The van der Waals surface area contributed by atoms with E-state index < -0.39 is 0 Å². The molecule has 0 radical (unpaired) electrons. The molecule has 0 saturated heterocycles. The first-order chi connectivity index (χ1) is 18.0. The molecule has 8 heteroatoms. The smallest absolute Gasteiger partial charge is 0.262 e. The first-order valence-corrected chi connectivity index (χ1v) is 12.9. The number of para-hydroxylation sites is 1. The molecule has 6 rings (SSSR count). The molecule has 184 valence electrons. The summed E-state index contributed by atoms with van der Waals surface area (Å²) in [5.41, 5.74) is 8.76. The van der Waals surface area contributed by atoms with Crippen molar-refractivity contribution in [3.05, 3.63) is 93.2 Å². The Morgan fingerprint density at radius 3 is 2.78 bits per heavy atom. The van der Waals surface area contributed by atoms with Gasteiger partial charge in [-0.2, -0.15) is 5.10 Å². The number of rotatable bonds is 4. The van der Waals surface area contributed by atoms with Crippen LogP contribution in [0.5, 0.6) is 5.75 Å². The highest BCUT2D eigenvalue weighted by atomic mass is 32.1. The molecule has 0 unspecified atom stereocenters. The number of aryl methyl sites for hydroxylation is 3. The normalized spacial score (nSPS) is 13.7. The zero-order valence-electron chi connectivity index (χ0n) is 20.7. The number of fused-ring (bicyclic) bond motifs is 2. The minimum absolute atomic E-state index is 0.0258. The van der Waals surface area contributed by atoms with Gasteiger partial charge in [0, 0.05) is 33.1 Å². The van der Waals surface area contributed by atoms with Gasteiger partial charge < -0.3 is 15.0 Å². The van der Waals surface area contributed by atoms with Crippen molar-refractivity contribution in [1.82, 2.24) is 9.66 Å². The largest absolute Gasteiger partial charge is 0.482 e. The quantitative estimate of drug-likeness (QED) is 0.290. The molecule has 0 atom stereocenters. The number of anilines is 1. The summed E-state index contributed by atoms with van der Waals surface area (Å²) in [6.07, 6.45) is 1.88. The molecule has 1 aliphatic heterocycles. The van der Waals surface area contributed by atoms with Crippen LogP contribution in [0.4, 0.5) is 11.4 Å². The summed E-state index contributed by atoms with van der Waals surface area (Å²) < 4.78 is 7.41. The van der Waals surface area contributed by atoms with Crippen LogP contribution in [0, 0.1) is 20.8 Å². The third-order valence-electron chi connectivity index (χ3n) is 6.41. The van der Waals surface area contributed by atoms with Gasteiger partial charge in [-0.05, 0) is 56.7 Å². The molecule has 0 spiro atoms. The van der Waals surface area contributed by atoms with Gasteiger partial charge in [0.1, 0.15) is 5.75 Å². The minimum Gasteiger partial charge on any atom is -0.482 e. The van der Waals surface area contributed by atoms with Crippen molar-refractivity contribution in [2.45, 2.75) is 20.8 Å². The maximum atomic E-state index is 11.9. The van der Waals surface area contributed by atoms with Gasteiger partial charge in [0.15, 0.2) is 6.61 Å². The number of carbonyl (C=O) groups excluding carboxylic acids is 1. The fourth-order valence-electron chi connectivity index (χ4n) is 4.54. The van der Waals surface area contributed by atoms with Crippen molar-refractivity contribution >= 4 is 45.7 Å². The van der Waals surface area contributed by atoms with Crippen LogP contribution in [-0.2, 0) is 4.79 Å². The van der Waals surface area contributed by atoms with Crippen molar-refractivity contribution in [1.29, 1.82) is 0 Å². The Morgan fingerprint density at radius 2 is 1.92 bits per heavy atom. The van der Waals surface area contributed by atoms with Gasteiger partial charge in [-0.3, -0.25) is 4.79 Å². The molecule has 37 heavy (non-hydrogen) atoms. The lowest BCUT2D eigenvalue weighted by molar-refractivity contribution is -0.118. The van der Waals surface area contributed by atoms with Crippen LogP contribution in [-0.4, -0.2) is 28.4 Å². The predicted octanol–water partition coefficient (Wildman–Crippen LogP) is 6.07. The average molecular weight is 508 g/mol. The third kappa shape index (κ3) is 4.36. The average Bonchev–Trinajstić information content (AvgIpc) is 3.43. The predicted molar refractivity (Wildman–Crippen MR) is 149 cm³/mol. The van der Waals surface area contributed by atoms with Crippen molar-refractivity contribution in [3.8, 4) is 17.0 Å². The number of aromatic amines is 1. The van der Waals surface area contributed by atoms with E-state index >= 15 is 0 Å². The Kier molecular flexibility index (Phi) is 5.73. The van der Waals surface area contributed by atoms with Crippen LogP contribution in [0.25, 0.3) is 22.2 Å². The van der Waals surface area contributed by atoms with Gasteiger partial charge in [-0.1, -0.05) is 35.9 Å². The molecule has 0 fully saturated rings. The highest BCUT2D eigenvalue weighted by Gasteiger charge is 2.18. The zero-order valence-corrected chi connectivity index (χ0v) is 21.5. The third-order valence-corrected chi connectivity index (χ3v) is 7.22. The second-order valence-corrected chi connectivity index (χ2v) is 9.96. The molecule has 3 heterocycles. The van der Waals surface area contributed by atoms with E-state index in [4.69, 9.17) is 14.8 Å². The summed E-state index contributed by atoms with van der Waals surface area (Å²) in [5, 5.41) is 11.0. The molecule has 3 aromatic carbocycles. The number of hydrogen-bond acceptors (Lipinski definition) is 5. The van der Waals surface area contributed by atoms with Crippen LogP contribution >= 0.6 is 11.3 Å². The standard InChI is InChI=1S/C29H25N5O2S/c1-17-8-10-23(18(2)12-17)33-29-34(30-14-22-19(3)31-24-7-5-4-6-21(22)24)26(16-37-29)20-9-11-27-25(13-20)32-28(35)15-36-27/h4-14,16,31H,15H2,1-3H3,(H,32,35). The van der Waals surface area contributed by atoms with Crippen LogP contribution < -0.4 is 14.9 Å². The van der Waals surface area contributed by atoms with E-state index in [2.05, 4.69) is 48.4 Å². The fourth-order valence-corrected chi connectivity index (χ4v) is 5.39. The molecule has 0 aliphatic carbocycles. The number of ether oxygens (including phenoxy) is 1. The topological polar surface area (TPSA) is 83.8 Å². The molecular formula is C29H25N5O2S. The molecule has 5 aromatic rings. The van der Waals surface area contributed by atoms with Crippen LogP contribution in [0.3, 0.4) is 0 Å². The molecule has 0 bridgehead atoms. The molecule has 0 saturated carbocycles. The number of benzene rings is 3. The van der Waals surface area contributed by atoms with E-state index in [1.807, 2.05) is 59.6 Å². The molecule has 1 aliphatic rings. The second kappa shape index (κ2) is 9.22. The monoisotopic (exact) mass is 507 g/mol. The van der Waals surface area contributed by atoms with E-state index in [9.17, 15) is 4.79 Å². The van der Waals surface area contributed by atoms with Crippen LogP contribution in [0.1, 0.15) is 22.4 Å². The number of nitrogens with zero attached hydrogens (tertiary/aromatic N) is 3. The van der Waals surface area contributed by atoms with Gasteiger partial charge in [-0.25, -0.2) is 9.67 Å². The summed E-state index contributed by atoms with van der Waals surface area (Å²) in [7, 11) is 0. The lowest BCUT2D eigenvalue weighted by atomic mass is 10.1. The molecule has 1 amide bonds. The second-order valence-electron chi connectivity index (χ2n) is 9.12. The number of H-pyrrole nitrogens is 1. The summed E-state index contributed by atoms with van der Waals surface area (Å²) in [5.74, 6) is 0.490. The zero-order chi connectivity index (χ0) is 25.5. The van der Waals surface area contributed by atoms with Gasteiger partial charge in [0.2, 0.25) is 4.80 Å². The van der Waals surface area contributed by atoms with Crippen molar-refractivity contribution in [2.24, 2.45) is 10.1 Å². The minimum atomic E-state index is -0.166. The Bertz CT molecular complexity index is 1770. The van der Waals surface area contributed by atoms with E-state index in [0.717, 1.165) is 49.5 Å². The first kappa shape index (κ1) is 23.0. The summed E-state index contributed by atoms with van der Waals surface area (Å²) in [6, 6.07) is 20.2. The summed E-state index contributed by atoms with van der Waals surface area (Å²) in [6.45, 7) is 6.22. The van der Waals surface area contributed by atoms with Gasteiger partial charge in [0.25, 0.3) is 5.91 Å². The van der Waals surface area contributed by atoms with Crippen molar-refractivity contribution < 1.29 is 9.53 Å². The Morgan fingerprint density at radius 1 is 1.05 bits per heavy atom. The highest BCUT2D eigenvalue weighted by Crippen LogP contribution is 2.33. The Hall–Kier alpha value is -4.43. The van der Waals surface area contributed by atoms with Crippen LogP contribution in [0.15, 0.2) is 76.1 Å². The number of thiazole rings is 1. The van der Waals surface area contributed by atoms with Crippen molar-refractivity contribution in [2.75, 3.05) is 11.9 Å². The van der Waals surface area contributed by atoms with E-state index in [1.165, 1.54) is 16.9 Å². The number of nitrogens with one attached hydrogen (secondary N) is 2. The fraction of sp³-hybridized carbons (Fsp3) is 0.138. The molecule has 2 N–H and O–H groups in total. The summed E-state index contributed by atoms with van der Waals surface area (Å²) in [4.78, 5) is 21.1. The highest BCUT2D eigenvalue weighted by molar-refractivity contribution is 7.07. The Balaban J connectivity index is 1.52. The number of hydrogen-bond donors (Lipinski definition) is 2. The van der Waals surface area contributed by atoms with Crippen molar-refractivity contribution in [3.63, 3.8) is 0 Å². The lowest BCUT2D eigenvalue weighted by Crippen LogP contribution is -2.25. The maximum Gasteiger partial charge on any atom is 0.262 e. The van der Waals surface area contributed by atoms with Gasteiger partial charge in [0.05, 0.1) is 23.3 Å². The number of aromatic nitrogens is 2. The number of amides is 1. The lowest BCUT2D eigenvalue weighted by Gasteiger charge is -2.18. The SMILES string of the molecule is Cc1ccc(N=c2scc(-c3ccc4c(c3)NC(=O)CO4)n2N=Cc2c(C)[nH]c3ccccc23)c(C)c1.